The highest BCUT2D eigenvalue weighted by atomic mass is 32.1. The van der Waals surface area contributed by atoms with Gasteiger partial charge in [0, 0.05) is 5.69 Å². The first-order valence-corrected chi connectivity index (χ1v) is 17.7. The van der Waals surface area contributed by atoms with Gasteiger partial charge < -0.3 is 43.9 Å². The number of ether oxygens (including phenoxy) is 5. The summed E-state index contributed by atoms with van der Waals surface area (Å²) in [5.74, 6) is -2.26. The van der Waals surface area contributed by atoms with Crippen molar-refractivity contribution in [2.75, 3.05) is 24.7 Å². The highest BCUT2D eigenvalue weighted by molar-refractivity contribution is 7.80. The van der Waals surface area contributed by atoms with E-state index in [1.807, 2.05) is 31.2 Å². The molecule has 0 amide bonds. The molecule has 0 saturated carbocycles. The lowest BCUT2D eigenvalue weighted by Crippen LogP contribution is -2.62. The van der Waals surface area contributed by atoms with E-state index in [1.165, 1.54) is 4.90 Å². The lowest BCUT2D eigenvalue weighted by molar-refractivity contribution is -0.203. The van der Waals surface area contributed by atoms with Gasteiger partial charge in [0.25, 0.3) is 0 Å². The van der Waals surface area contributed by atoms with Gasteiger partial charge in [0.15, 0.2) is 29.3 Å². The molecule has 3 fully saturated rings. The third-order valence-corrected chi connectivity index (χ3v) is 10.1. The van der Waals surface area contributed by atoms with E-state index in [0.29, 0.717) is 5.69 Å². The van der Waals surface area contributed by atoms with Gasteiger partial charge in [-0.2, -0.15) is 0 Å². The Balaban J connectivity index is 1.32. The fourth-order valence-electron chi connectivity index (χ4n) is 6.93. The van der Waals surface area contributed by atoms with Crippen LogP contribution in [0.1, 0.15) is 36.6 Å². The van der Waals surface area contributed by atoms with Crippen molar-refractivity contribution in [1.29, 1.82) is 0 Å². The van der Waals surface area contributed by atoms with Crippen LogP contribution in [0.2, 0.25) is 0 Å². The Labute approximate surface area is 316 Å². The first kappa shape index (κ1) is 37.1. The van der Waals surface area contributed by atoms with Crippen LogP contribution in [0.3, 0.4) is 0 Å². The van der Waals surface area contributed by atoms with Crippen LogP contribution in [0.4, 0.5) is 5.69 Å². The molecular formula is C40H38N2O11S. The van der Waals surface area contributed by atoms with Crippen LogP contribution in [0.5, 0.6) is 0 Å². The minimum absolute atomic E-state index is 0.0459. The number of carbonyl (C=O) groups is 3. The SMILES string of the molecule is Cc1ccc(N2C[C@@]3(O[C@H](CO)[C@@H](O)[C@@H]3O)N([C@@H]3O[C@H](COC(=O)c4ccccc4)[C@@H](OC(=O)c4ccccc4)[C@H]3OC(=O)c3ccccc3)C2=S)cc1. The number of esters is 3. The Morgan fingerprint density at radius 2 is 1.28 bits per heavy atom. The molecule has 13 nitrogen and oxygen atoms in total. The minimum Gasteiger partial charge on any atom is -0.459 e. The van der Waals surface area contributed by atoms with E-state index in [0.717, 1.165) is 5.56 Å². The maximum atomic E-state index is 13.8. The summed E-state index contributed by atoms with van der Waals surface area (Å²) in [5, 5.41) is 33.1. The largest absolute Gasteiger partial charge is 0.459 e. The molecule has 3 aliphatic rings. The van der Waals surface area contributed by atoms with E-state index in [-0.39, 0.29) is 28.3 Å². The Morgan fingerprint density at radius 3 is 1.80 bits per heavy atom. The fourth-order valence-corrected chi connectivity index (χ4v) is 7.35. The van der Waals surface area contributed by atoms with Crippen LogP contribution >= 0.6 is 12.2 Å². The first-order valence-electron chi connectivity index (χ1n) is 17.3. The average molecular weight is 755 g/mol. The molecule has 4 aromatic rings. The topological polar surface area (TPSA) is 165 Å². The Bertz CT molecular complexity index is 1970. The van der Waals surface area contributed by atoms with Gasteiger partial charge in [0.1, 0.15) is 31.0 Å². The maximum Gasteiger partial charge on any atom is 0.338 e. The van der Waals surface area contributed by atoms with Crippen molar-refractivity contribution in [3.8, 4) is 0 Å². The van der Waals surface area contributed by atoms with Gasteiger partial charge in [-0.25, -0.2) is 14.4 Å². The monoisotopic (exact) mass is 754 g/mol. The third-order valence-electron chi connectivity index (χ3n) is 9.71. The molecule has 3 N–H and O–H groups in total. The second-order valence-corrected chi connectivity index (χ2v) is 13.6. The maximum absolute atomic E-state index is 13.8. The summed E-state index contributed by atoms with van der Waals surface area (Å²) < 4.78 is 30.8. The molecule has 280 valence electrons. The van der Waals surface area contributed by atoms with Crippen molar-refractivity contribution >= 4 is 40.9 Å². The second kappa shape index (κ2) is 15.6. The quantitative estimate of drug-likeness (QED) is 0.123. The number of thiocarbonyl (C=S) groups is 1. The highest BCUT2D eigenvalue weighted by Crippen LogP contribution is 2.46. The van der Waals surface area contributed by atoms with E-state index in [4.69, 9.17) is 35.9 Å². The summed E-state index contributed by atoms with van der Waals surface area (Å²) in [7, 11) is 0. The summed E-state index contributed by atoms with van der Waals surface area (Å²) in [5.41, 5.74) is 0.345. The number of hydrogen-bond donors (Lipinski definition) is 3. The van der Waals surface area contributed by atoms with Crippen molar-refractivity contribution in [3.63, 3.8) is 0 Å². The normalized spacial score (nSPS) is 27.6. The third kappa shape index (κ3) is 7.07. The van der Waals surface area contributed by atoms with E-state index < -0.39 is 79.7 Å². The van der Waals surface area contributed by atoms with Gasteiger partial charge in [-0.15, -0.1) is 0 Å². The van der Waals surface area contributed by atoms with Gasteiger partial charge >= 0.3 is 17.9 Å². The molecule has 0 aliphatic carbocycles. The zero-order valence-corrected chi connectivity index (χ0v) is 29.9. The number of aliphatic hydroxyl groups excluding tert-OH is 3. The Morgan fingerprint density at radius 1 is 0.759 bits per heavy atom. The molecule has 1 spiro atoms. The summed E-state index contributed by atoms with van der Waals surface area (Å²) >= 11 is 6.06. The van der Waals surface area contributed by atoms with Crippen LogP contribution in [-0.2, 0) is 23.7 Å². The molecule has 4 aromatic carbocycles. The number of hydrogen-bond acceptors (Lipinski definition) is 12. The molecule has 0 unspecified atom stereocenters. The molecule has 0 radical (unpaired) electrons. The van der Waals surface area contributed by atoms with Crippen LogP contribution in [-0.4, -0.2) is 112 Å². The Kier molecular flexibility index (Phi) is 10.7. The fraction of sp³-hybridized carbons (Fsp3) is 0.300. The summed E-state index contributed by atoms with van der Waals surface area (Å²) in [4.78, 5) is 43.7. The number of aliphatic hydroxyl groups is 3. The number of benzene rings is 4. The van der Waals surface area contributed by atoms with Crippen molar-refractivity contribution in [2.24, 2.45) is 0 Å². The molecule has 8 atom stereocenters. The summed E-state index contributed by atoms with van der Waals surface area (Å²) in [6.45, 7) is 0.673. The predicted molar refractivity (Wildman–Crippen MR) is 196 cm³/mol. The van der Waals surface area contributed by atoms with E-state index in [9.17, 15) is 29.7 Å². The Hall–Kier alpha value is -5.22. The summed E-state index contributed by atoms with van der Waals surface area (Å²) in [6.07, 6.45) is -10.1. The molecular weight excluding hydrogens is 717 g/mol. The first-order chi connectivity index (χ1) is 26.1. The number of nitrogens with zero attached hydrogens (tertiary/aromatic N) is 2. The van der Waals surface area contributed by atoms with Crippen LogP contribution in [0, 0.1) is 6.92 Å². The van der Waals surface area contributed by atoms with Gasteiger partial charge in [-0.3, -0.25) is 4.90 Å². The van der Waals surface area contributed by atoms with E-state index in [2.05, 4.69) is 0 Å². The van der Waals surface area contributed by atoms with E-state index >= 15 is 0 Å². The molecule has 7 rings (SSSR count). The van der Waals surface area contributed by atoms with Crippen molar-refractivity contribution in [2.45, 2.75) is 55.5 Å². The smallest absolute Gasteiger partial charge is 0.338 e. The van der Waals surface area contributed by atoms with Gasteiger partial charge in [-0.1, -0.05) is 72.3 Å². The highest BCUT2D eigenvalue weighted by Gasteiger charge is 2.68. The van der Waals surface area contributed by atoms with Crippen molar-refractivity contribution < 1.29 is 53.4 Å². The molecule has 3 saturated heterocycles. The zero-order valence-electron chi connectivity index (χ0n) is 29.0. The van der Waals surface area contributed by atoms with Crippen molar-refractivity contribution in [3.05, 3.63) is 138 Å². The standard InChI is InChI=1S/C40H38N2O11S/c1-24-17-19-28(20-18-24)41-23-40(34(45)31(44)29(21-43)53-40)42(39(41)54)35-33(52-38(48)27-15-9-4-10-16-27)32(51-37(47)26-13-7-3-8-14-26)30(50-35)22-49-36(46)25-11-5-2-6-12-25/h2-20,29-35,43-45H,21-23H2,1H3/t29-,30-,31-,32-,33-,34+,35-,40+/m1/s1. The molecule has 3 heterocycles. The number of anilines is 1. The van der Waals surface area contributed by atoms with Crippen molar-refractivity contribution in [1.82, 2.24) is 4.90 Å². The predicted octanol–water partition coefficient (Wildman–Crippen LogP) is 3.24. The molecule has 3 aliphatic heterocycles. The lowest BCUT2D eigenvalue weighted by atomic mass is 10.0. The molecule has 0 bridgehead atoms. The lowest BCUT2D eigenvalue weighted by Gasteiger charge is -2.41. The number of aryl methyl sites for hydroxylation is 1. The van der Waals surface area contributed by atoms with Gasteiger partial charge in [0.2, 0.25) is 0 Å². The summed E-state index contributed by atoms with van der Waals surface area (Å²) in [6, 6.07) is 31.9. The molecule has 54 heavy (non-hydrogen) atoms. The zero-order chi connectivity index (χ0) is 38.0. The second-order valence-electron chi connectivity index (χ2n) is 13.2. The molecule has 0 aromatic heterocycles. The molecule has 14 heteroatoms. The van der Waals surface area contributed by atoms with Crippen LogP contribution in [0.25, 0.3) is 0 Å². The minimum atomic E-state index is -1.87. The number of rotatable bonds is 10. The van der Waals surface area contributed by atoms with Gasteiger partial charge in [-0.05, 0) is 67.7 Å². The van der Waals surface area contributed by atoms with Crippen LogP contribution < -0.4 is 4.90 Å². The van der Waals surface area contributed by atoms with Gasteiger partial charge in [0.05, 0.1) is 29.8 Å². The number of carbonyl (C=O) groups excluding carboxylic acids is 3. The average Bonchev–Trinajstić information content (AvgIpc) is 3.77. The van der Waals surface area contributed by atoms with E-state index in [1.54, 1.807) is 95.9 Å². The van der Waals surface area contributed by atoms with Crippen LogP contribution in [0.15, 0.2) is 115 Å².